The average Bonchev–Trinajstić information content (AvgIpc) is 2.77. The van der Waals surface area contributed by atoms with Crippen molar-refractivity contribution >= 4 is 17.8 Å². The number of carboxylic acid groups (broad SMARTS) is 1. The molecule has 0 spiro atoms. The highest BCUT2D eigenvalue weighted by atomic mass is 16.4. The first kappa shape index (κ1) is 13.5. The molecule has 0 aromatic rings. The smallest absolute Gasteiger partial charge is 0.307 e. The van der Waals surface area contributed by atoms with Gasteiger partial charge in [0.05, 0.1) is 18.4 Å². The number of carboxylic acids is 1. The van der Waals surface area contributed by atoms with Crippen molar-refractivity contribution in [2.24, 2.45) is 17.3 Å². The molecule has 96 valence electrons. The van der Waals surface area contributed by atoms with Gasteiger partial charge in [0.1, 0.15) is 0 Å². The molecular weight excluding hydrogens is 224 g/mol. The Bertz CT molecular complexity index is 362. The van der Waals surface area contributed by atoms with Crippen LogP contribution in [0.2, 0.25) is 0 Å². The predicted molar refractivity (Wildman–Crippen MR) is 60.1 cm³/mol. The number of nitrogens with one attached hydrogen (secondary N) is 1. The number of rotatable bonds is 4. The number of hydrogen-bond donors (Lipinski definition) is 2. The lowest BCUT2D eigenvalue weighted by Gasteiger charge is -2.11. The second-order valence-corrected chi connectivity index (χ2v) is 5.12. The summed E-state index contributed by atoms with van der Waals surface area (Å²) in [6.45, 7) is 3.39. The van der Waals surface area contributed by atoms with Crippen molar-refractivity contribution in [3.63, 3.8) is 0 Å². The first-order valence-electron chi connectivity index (χ1n) is 5.40. The van der Waals surface area contributed by atoms with Crippen LogP contribution in [-0.2, 0) is 14.4 Å². The number of carbonyl (C=O) groups is 3. The Morgan fingerprint density at radius 3 is 2.12 bits per heavy atom. The highest BCUT2D eigenvalue weighted by molar-refractivity contribution is 5.93. The largest absolute Gasteiger partial charge is 0.481 e. The van der Waals surface area contributed by atoms with Crippen LogP contribution < -0.4 is 5.32 Å². The maximum atomic E-state index is 11.7. The van der Waals surface area contributed by atoms with E-state index in [1.165, 1.54) is 4.90 Å². The summed E-state index contributed by atoms with van der Waals surface area (Å²) in [6, 6.07) is 0. The van der Waals surface area contributed by atoms with Crippen LogP contribution in [-0.4, -0.2) is 48.4 Å². The Labute approximate surface area is 100.0 Å². The molecule has 2 unspecified atom stereocenters. The maximum absolute atomic E-state index is 11.7. The lowest BCUT2D eigenvalue weighted by Crippen LogP contribution is -2.37. The Morgan fingerprint density at radius 1 is 1.24 bits per heavy atom. The lowest BCUT2D eigenvalue weighted by molar-refractivity contribution is -0.140. The molecule has 2 N–H and O–H groups in total. The summed E-state index contributed by atoms with van der Waals surface area (Å²) in [5.74, 6) is -2.75. The van der Waals surface area contributed by atoms with Crippen molar-refractivity contribution < 1.29 is 19.5 Å². The minimum atomic E-state index is -0.964. The molecular formula is C11H18N2O4. The van der Waals surface area contributed by atoms with E-state index in [0.717, 1.165) is 0 Å². The van der Waals surface area contributed by atoms with E-state index in [1.807, 2.05) is 0 Å². The van der Waals surface area contributed by atoms with Crippen molar-refractivity contribution in [1.29, 1.82) is 0 Å². The summed E-state index contributed by atoms with van der Waals surface area (Å²) < 4.78 is 0. The van der Waals surface area contributed by atoms with Gasteiger partial charge in [-0.25, -0.2) is 0 Å². The molecule has 0 heterocycles. The molecule has 1 fully saturated rings. The highest BCUT2D eigenvalue weighted by Crippen LogP contribution is 2.58. The lowest BCUT2D eigenvalue weighted by atomic mass is 10.1. The minimum absolute atomic E-state index is 0.0925. The van der Waals surface area contributed by atoms with Crippen molar-refractivity contribution in [1.82, 2.24) is 10.2 Å². The van der Waals surface area contributed by atoms with E-state index in [4.69, 9.17) is 5.11 Å². The monoisotopic (exact) mass is 242 g/mol. The SMILES string of the molecule is CN(C)C(=O)CNC(=O)C1C(C(=O)O)C1(C)C. The van der Waals surface area contributed by atoms with Crippen LogP contribution in [0.5, 0.6) is 0 Å². The molecule has 0 aliphatic heterocycles. The van der Waals surface area contributed by atoms with E-state index >= 15 is 0 Å². The molecule has 1 aliphatic carbocycles. The highest BCUT2D eigenvalue weighted by Gasteiger charge is 2.65. The summed E-state index contributed by atoms with van der Waals surface area (Å²) in [6.07, 6.45) is 0. The van der Waals surface area contributed by atoms with Crippen LogP contribution in [0, 0.1) is 17.3 Å². The average molecular weight is 242 g/mol. The number of aliphatic carboxylic acids is 1. The first-order chi connectivity index (χ1) is 7.69. The number of carbonyl (C=O) groups excluding carboxylic acids is 2. The molecule has 2 amide bonds. The van der Waals surface area contributed by atoms with Gasteiger partial charge in [-0.3, -0.25) is 14.4 Å². The van der Waals surface area contributed by atoms with Gasteiger partial charge in [-0.05, 0) is 5.41 Å². The zero-order valence-electron chi connectivity index (χ0n) is 10.5. The second kappa shape index (κ2) is 4.35. The fraction of sp³-hybridized carbons (Fsp3) is 0.727. The summed E-state index contributed by atoms with van der Waals surface area (Å²) in [5, 5.41) is 11.4. The molecule has 0 radical (unpaired) electrons. The Morgan fingerprint density at radius 2 is 1.76 bits per heavy atom. The molecule has 2 atom stereocenters. The molecule has 1 aliphatic rings. The number of hydrogen-bond acceptors (Lipinski definition) is 3. The summed E-state index contributed by atoms with van der Waals surface area (Å²) in [4.78, 5) is 35.2. The van der Waals surface area contributed by atoms with Gasteiger partial charge in [-0.15, -0.1) is 0 Å². The zero-order chi connectivity index (χ0) is 13.4. The van der Waals surface area contributed by atoms with Gasteiger partial charge < -0.3 is 15.3 Å². The molecule has 1 rings (SSSR count). The van der Waals surface area contributed by atoms with E-state index in [2.05, 4.69) is 5.32 Å². The van der Waals surface area contributed by atoms with Crippen LogP contribution in [0.25, 0.3) is 0 Å². The molecule has 17 heavy (non-hydrogen) atoms. The van der Waals surface area contributed by atoms with Crippen molar-refractivity contribution in [3.05, 3.63) is 0 Å². The van der Waals surface area contributed by atoms with Gasteiger partial charge >= 0.3 is 5.97 Å². The van der Waals surface area contributed by atoms with E-state index in [9.17, 15) is 14.4 Å². The van der Waals surface area contributed by atoms with E-state index in [0.29, 0.717) is 0 Å². The van der Waals surface area contributed by atoms with Crippen LogP contribution >= 0.6 is 0 Å². The van der Waals surface area contributed by atoms with E-state index < -0.39 is 23.2 Å². The van der Waals surface area contributed by atoms with Gasteiger partial charge in [0.15, 0.2) is 0 Å². The molecule has 1 saturated carbocycles. The van der Waals surface area contributed by atoms with Gasteiger partial charge in [0, 0.05) is 14.1 Å². The van der Waals surface area contributed by atoms with E-state index in [1.54, 1.807) is 27.9 Å². The fourth-order valence-corrected chi connectivity index (χ4v) is 2.02. The Kier molecular flexibility index (Phi) is 3.45. The van der Waals surface area contributed by atoms with E-state index in [-0.39, 0.29) is 18.4 Å². The van der Waals surface area contributed by atoms with Crippen molar-refractivity contribution in [2.75, 3.05) is 20.6 Å². The van der Waals surface area contributed by atoms with Gasteiger partial charge in [0.2, 0.25) is 11.8 Å². The maximum Gasteiger partial charge on any atom is 0.307 e. The van der Waals surface area contributed by atoms with Crippen molar-refractivity contribution in [2.45, 2.75) is 13.8 Å². The summed E-state index contributed by atoms with van der Waals surface area (Å²) in [5.41, 5.74) is -0.531. The summed E-state index contributed by atoms with van der Waals surface area (Å²) >= 11 is 0. The Balaban J connectivity index is 2.51. The summed E-state index contributed by atoms with van der Waals surface area (Å²) in [7, 11) is 3.19. The van der Waals surface area contributed by atoms with Crippen LogP contribution in [0.4, 0.5) is 0 Å². The Hall–Kier alpha value is -1.59. The third kappa shape index (κ3) is 2.57. The minimum Gasteiger partial charge on any atom is -0.481 e. The standard InChI is InChI=1S/C11H18N2O4/c1-11(2)7(8(11)10(16)17)9(15)12-5-6(14)13(3)4/h7-8H,5H2,1-4H3,(H,12,15)(H,16,17). The van der Waals surface area contributed by atoms with Gasteiger partial charge in [-0.1, -0.05) is 13.8 Å². The predicted octanol–water partition coefficient (Wildman–Crippen LogP) is -0.452. The molecule has 0 aromatic heterocycles. The van der Waals surface area contributed by atoms with Crippen LogP contribution in [0.3, 0.4) is 0 Å². The molecule has 0 bridgehead atoms. The quantitative estimate of drug-likeness (QED) is 0.699. The van der Waals surface area contributed by atoms with Gasteiger partial charge in [-0.2, -0.15) is 0 Å². The molecule has 6 nitrogen and oxygen atoms in total. The van der Waals surface area contributed by atoms with Crippen LogP contribution in [0.1, 0.15) is 13.8 Å². The molecule has 0 aromatic carbocycles. The third-order valence-corrected chi connectivity index (χ3v) is 3.29. The number of likely N-dealkylation sites (N-methyl/N-ethyl adjacent to an activating group) is 1. The molecule has 6 heteroatoms. The normalized spacial score (nSPS) is 24.9. The second-order valence-electron chi connectivity index (χ2n) is 5.12. The van der Waals surface area contributed by atoms with Crippen molar-refractivity contribution in [3.8, 4) is 0 Å². The van der Waals surface area contributed by atoms with Crippen LogP contribution in [0.15, 0.2) is 0 Å². The number of nitrogens with zero attached hydrogens (tertiary/aromatic N) is 1. The number of amides is 2. The first-order valence-corrected chi connectivity index (χ1v) is 5.40. The topological polar surface area (TPSA) is 86.7 Å². The molecule has 0 saturated heterocycles. The van der Waals surface area contributed by atoms with Gasteiger partial charge in [0.25, 0.3) is 0 Å². The third-order valence-electron chi connectivity index (χ3n) is 3.29. The fourth-order valence-electron chi connectivity index (χ4n) is 2.02. The zero-order valence-corrected chi connectivity index (χ0v) is 10.5.